The molecule has 2 aromatic carbocycles. The number of carbonyl (C=O) groups excluding carboxylic acids is 1. The van der Waals surface area contributed by atoms with Gasteiger partial charge in [-0.05, 0) is 17.2 Å². The van der Waals surface area contributed by atoms with Gasteiger partial charge in [0, 0.05) is 25.6 Å². The van der Waals surface area contributed by atoms with Crippen LogP contribution in [0.4, 0.5) is 9.18 Å². The molecule has 6 heteroatoms. The van der Waals surface area contributed by atoms with E-state index in [-0.39, 0.29) is 30.4 Å². The van der Waals surface area contributed by atoms with Gasteiger partial charge in [0.25, 0.3) is 0 Å². The molecule has 26 heavy (non-hydrogen) atoms. The summed E-state index contributed by atoms with van der Waals surface area (Å²) in [4.78, 5) is 13.0. The average Bonchev–Trinajstić information content (AvgIpc) is 2.62. The average molecular weight is 353 g/mol. The van der Waals surface area contributed by atoms with E-state index in [1.54, 1.807) is 32.3 Å². The number of benzene rings is 2. The Labute approximate surface area is 152 Å². The minimum absolute atomic E-state index is 0.0790. The Hall–Kier alpha value is -2.91. The van der Waals surface area contributed by atoms with Crippen LogP contribution < -0.4 is 5.32 Å². The molecule has 0 radical (unpaired) electrons. The molecule has 1 aliphatic heterocycles. The van der Waals surface area contributed by atoms with Crippen LogP contribution in [-0.2, 0) is 4.74 Å². The Morgan fingerprint density at radius 1 is 1.23 bits per heavy atom. The predicted molar refractivity (Wildman–Crippen MR) is 95.9 cm³/mol. The van der Waals surface area contributed by atoms with Gasteiger partial charge in [-0.3, -0.25) is 5.32 Å². The molecule has 5 nitrogen and oxygen atoms in total. The zero-order valence-electron chi connectivity index (χ0n) is 14.6. The van der Waals surface area contributed by atoms with Gasteiger partial charge >= 0.3 is 6.09 Å². The fourth-order valence-electron chi connectivity index (χ4n) is 3.12. The van der Waals surface area contributed by atoms with Gasteiger partial charge in [-0.15, -0.1) is 0 Å². The molecule has 1 aliphatic rings. The molecule has 0 spiro atoms. The number of rotatable bonds is 4. The highest BCUT2D eigenvalue weighted by molar-refractivity contribution is 5.67. The Morgan fingerprint density at radius 3 is 2.54 bits per heavy atom. The third-order valence-electron chi connectivity index (χ3n) is 4.56. The van der Waals surface area contributed by atoms with E-state index in [2.05, 4.69) is 11.4 Å². The van der Waals surface area contributed by atoms with Crippen LogP contribution in [-0.4, -0.2) is 43.8 Å². The summed E-state index contributed by atoms with van der Waals surface area (Å²) in [7, 11) is 3.24. The maximum atomic E-state index is 13.9. The van der Waals surface area contributed by atoms with E-state index < -0.39 is 6.09 Å². The maximum Gasteiger partial charge on any atom is 0.409 e. The second-order valence-corrected chi connectivity index (χ2v) is 6.48. The van der Waals surface area contributed by atoms with Crippen molar-refractivity contribution in [1.82, 2.24) is 10.2 Å². The predicted octanol–water partition coefficient (Wildman–Crippen LogP) is 3.14. The van der Waals surface area contributed by atoms with E-state index >= 15 is 0 Å². The van der Waals surface area contributed by atoms with Crippen LogP contribution in [0, 0.1) is 17.1 Å². The van der Waals surface area contributed by atoms with Crippen molar-refractivity contribution >= 4 is 6.09 Å². The summed E-state index contributed by atoms with van der Waals surface area (Å²) in [6.45, 7) is 0.189. The summed E-state index contributed by atoms with van der Waals surface area (Å²) in [5.74, 6) is -0.349. The van der Waals surface area contributed by atoms with Crippen LogP contribution in [0.15, 0.2) is 48.5 Å². The minimum atomic E-state index is -0.416. The largest absolute Gasteiger partial charge is 0.448 e. The zero-order chi connectivity index (χ0) is 18.7. The molecule has 0 bridgehead atoms. The lowest BCUT2D eigenvalue weighted by molar-refractivity contribution is 0.0828. The summed E-state index contributed by atoms with van der Waals surface area (Å²) >= 11 is 0. The Bertz CT molecular complexity index is 830. The van der Waals surface area contributed by atoms with Gasteiger partial charge in [-0.1, -0.05) is 42.5 Å². The van der Waals surface area contributed by atoms with E-state index in [0.29, 0.717) is 5.56 Å². The molecule has 1 N–H and O–H groups in total. The molecule has 0 saturated carbocycles. The monoisotopic (exact) mass is 353 g/mol. The third kappa shape index (κ3) is 3.53. The standard InChI is InChI=1S/C20H20FN3O2/c1-24(2)20(25)26-12-18-19(17(11-22)23-18)14-9-7-13(8-10-14)15-5-3-4-6-16(15)21/h3-10,17-19,23H,12H2,1-2H3/t17-,18-,19-/m0/s1. The molecule has 1 saturated heterocycles. The SMILES string of the molecule is CN(C)C(=O)OC[C@@H]1N[C@@H](C#N)[C@@H]1c1ccc(-c2ccccc2F)cc1. The quantitative estimate of drug-likeness (QED) is 0.917. The number of hydrogen-bond acceptors (Lipinski definition) is 4. The van der Waals surface area contributed by atoms with Gasteiger partial charge in [0.15, 0.2) is 0 Å². The van der Waals surface area contributed by atoms with E-state index in [0.717, 1.165) is 11.1 Å². The van der Waals surface area contributed by atoms with Crippen molar-refractivity contribution in [2.24, 2.45) is 0 Å². The molecule has 1 fully saturated rings. The van der Waals surface area contributed by atoms with Crippen LogP contribution in [0.2, 0.25) is 0 Å². The van der Waals surface area contributed by atoms with E-state index in [1.807, 2.05) is 24.3 Å². The van der Waals surface area contributed by atoms with Crippen LogP contribution >= 0.6 is 0 Å². The smallest absolute Gasteiger partial charge is 0.409 e. The third-order valence-corrected chi connectivity index (χ3v) is 4.56. The van der Waals surface area contributed by atoms with Crippen molar-refractivity contribution in [2.75, 3.05) is 20.7 Å². The van der Waals surface area contributed by atoms with Crippen molar-refractivity contribution in [2.45, 2.75) is 18.0 Å². The van der Waals surface area contributed by atoms with Crippen LogP contribution in [0.1, 0.15) is 11.5 Å². The molecular formula is C20H20FN3O2. The van der Waals surface area contributed by atoms with Crippen molar-refractivity contribution in [3.63, 3.8) is 0 Å². The van der Waals surface area contributed by atoms with Crippen molar-refractivity contribution < 1.29 is 13.9 Å². The first-order chi connectivity index (χ1) is 12.5. The number of carbonyl (C=O) groups is 1. The Balaban J connectivity index is 1.75. The molecule has 134 valence electrons. The van der Waals surface area contributed by atoms with Crippen molar-refractivity contribution in [3.8, 4) is 17.2 Å². The highest BCUT2D eigenvalue weighted by atomic mass is 19.1. The molecule has 1 amide bonds. The van der Waals surface area contributed by atoms with Gasteiger partial charge in [0.2, 0.25) is 0 Å². The topological polar surface area (TPSA) is 65.4 Å². The number of nitrogens with zero attached hydrogens (tertiary/aromatic N) is 2. The molecule has 0 aliphatic carbocycles. The second-order valence-electron chi connectivity index (χ2n) is 6.48. The molecule has 0 aromatic heterocycles. The molecule has 2 aromatic rings. The first-order valence-electron chi connectivity index (χ1n) is 8.36. The Morgan fingerprint density at radius 2 is 1.92 bits per heavy atom. The summed E-state index contributed by atoms with van der Waals surface area (Å²) < 4.78 is 19.2. The van der Waals surface area contributed by atoms with Crippen LogP contribution in [0.3, 0.4) is 0 Å². The number of nitriles is 1. The zero-order valence-corrected chi connectivity index (χ0v) is 14.6. The van der Waals surface area contributed by atoms with Crippen LogP contribution in [0.25, 0.3) is 11.1 Å². The highest BCUT2D eigenvalue weighted by Crippen LogP contribution is 2.33. The first-order valence-corrected chi connectivity index (χ1v) is 8.36. The number of nitrogens with one attached hydrogen (secondary N) is 1. The number of ether oxygens (including phenoxy) is 1. The molecule has 3 atom stereocenters. The molecule has 3 rings (SSSR count). The number of amides is 1. The normalized spacial score (nSPS) is 21.4. The summed E-state index contributed by atoms with van der Waals surface area (Å²) in [5, 5.41) is 12.4. The summed E-state index contributed by atoms with van der Waals surface area (Å²) in [6.07, 6.45) is -0.416. The van der Waals surface area contributed by atoms with E-state index in [1.165, 1.54) is 11.0 Å². The van der Waals surface area contributed by atoms with Gasteiger partial charge in [-0.25, -0.2) is 9.18 Å². The van der Waals surface area contributed by atoms with Crippen molar-refractivity contribution in [3.05, 3.63) is 59.9 Å². The summed E-state index contributed by atoms with van der Waals surface area (Å²) in [6, 6.07) is 15.9. The van der Waals surface area contributed by atoms with E-state index in [9.17, 15) is 14.4 Å². The fourth-order valence-corrected chi connectivity index (χ4v) is 3.12. The van der Waals surface area contributed by atoms with E-state index in [4.69, 9.17) is 4.74 Å². The molecule has 1 heterocycles. The van der Waals surface area contributed by atoms with Gasteiger partial charge in [0.1, 0.15) is 18.5 Å². The minimum Gasteiger partial charge on any atom is -0.448 e. The fraction of sp³-hybridized carbons (Fsp3) is 0.300. The lowest BCUT2D eigenvalue weighted by atomic mass is 9.78. The lowest BCUT2D eigenvalue weighted by Gasteiger charge is -2.42. The van der Waals surface area contributed by atoms with Gasteiger partial charge in [0.05, 0.1) is 12.1 Å². The Kier molecular flexibility index (Phi) is 5.19. The highest BCUT2D eigenvalue weighted by Gasteiger charge is 2.42. The van der Waals surface area contributed by atoms with Crippen LogP contribution in [0.5, 0.6) is 0 Å². The van der Waals surface area contributed by atoms with Crippen molar-refractivity contribution in [1.29, 1.82) is 5.26 Å². The molecular weight excluding hydrogens is 333 g/mol. The molecule has 0 unspecified atom stereocenters. The van der Waals surface area contributed by atoms with Gasteiger partial charge in [-0.2, -0.15) is 5.26 Å². The number of halogens is 1. The second kappa shape index (κ2) is 7.54. The lowest BCUT2D eigenvalue weighted by Crippen LogP contribution is -2.61. The maximum absolute atomic E-state index is 13.9. The summed E-state index contributed by atoms with van der Waals surface area (Å²) in [5.41, 5.74) is 2.28. The first kappa shape index (κ1) is 17.9. The van der Waals surface area contributed by atoms with Gasteiger partial charge < -0.3 is 9.64 Å². The number of hydrogen-bond donors (Lipinski definition) is 1.